The Morgan fingerprint density at radius 1 is 1.05 bits per heavy atom. The van der Waals surface area contributed by atoms with Gasteiger partial charge in [0.2, 0.25) is 5.90 Å². The van der Waals surface area contributed by atoms with Crippen LogP contribution in [-0.2, 0) is 23.8 Å². The zero-order valence-corrected chi connectivity index (χ0v) is 24.6. The van der Waals surface area contributed by atoms with Crippen molar-refractivity contribution in [2.75, 3.05) is 40.6 Å². The highest BCUT2D eigenvalue weighted by Gasteiger charge is 2.53. The summed E-state index contributed by atoms with van der Waals surface area (Å²) in [5, 5.41) is 12.0. The predicted octanol–water partition coefficient (Wildman–Crippen LogP) is 3.99. The van der Waals surface area contributed by atoms with Gasteiger partial charge in [0.1, 0.15) is 17.1 Å². The smallest absolute Gasteiger partial charge is 0.306 e. The molecule has 1 heterocycles. The molecule has 0 aliphatic carbocycles. The van der Waals surface area contributed by atoms with Crippen molar-refractivity contribution in [2.45, 2.75) is 63.7 Å². The van der Waals surface area contributed by atoms with E-state index in [-0.39, 0.29) is 31.3 Å². The van der Waals surface area contributed by atoms with E-state index in [0.717, 1.165) is 0 Å². The number of hydrogen-bond acceptors (Lipinski definition) is 9. The van der Waals surface area contributed by atoms with E-state index in [4.69, 9.17) is 33.8 Å². The second-order valence-electron chi connectivity index (χ2n) is 10.8. The van der Waals surface area contributed by atoms with Gasteiger partial charge < -0.3 is 34.1 Å². The highest BCUT2D eigenvalue weighted by molar-refractivity contribution is 6.01. The van der Waals surface area contributed by atoms with Gasteiger partial charge in [0.05, 0.1) is 13.7 Å². The van der Waals surface area contributed by atoms with Gasteiger partial charge in [0.15, 0.2) is 11.6 Å². The summed E-state index contributed by atoms with van der Waals surface area (Å²) in [6.07, 6.45) is 0.327. The van der Waals surface area contributed by atoms with Crippen LogP contribution < -0.4 is 14.8 Å². The number of aliphatic imine (C=N–C) groups is 1. The molecule has 2 N–H and O–H groups in total. The molecule has 1 aliphatic rings. The van der Waals surface area contributed by atoms with Gasteiger partial charge in [-0.1, -0.05) is 12.1 Å². The van der Waals surface area contributed by atoms with Crippen molar-refractivity contribution in [1.82, 2.24) is 5.32 Å². The quantitative estimate of drug-likeness (QED) is 0.243. The van der Waals surface area contributed by atoms with Crippen molar-refractivity contribution in [3.8, 4) is 11.5 Å². The molecule has 2 atom stereocenters. The molecule has 10 nitrogen and oxygen atoms in total. The third-order valence-corrected chi connectivity index (χ3v) is 6.37. The number of aliphatic hydroxyl groups excluding tert-OH is 1. The second-order valence-corrected chi connectivity index (χ2v) is 10.8. The minimum atomic E-state index is -1.46. The lowest BCUT2D eigenvalue weighted by Gasteiger charge is -2.31. The second kappa shape index (κ2) is 14.8. The molecule has 0 aromatic heterocycles. The Balaban J connectivity index is 2.01. The SMILES string of the molecule is COCCCNC(=O)[C@]1(CCC(=O)OC(C)(C)C)N=C(c2ccc(OCCCO)cc2)O[C@@H]1c1cccc(OC)c1. The zero-order valence-electron chi connectivity index (χ0n) is 24.6. The number of nitrogens with one attached hydrogen (secondary N) is 1. The first-order chi connectivity index (χ1) is 19.6. The number of ether oxygens (including phenoxy) is 5. The van der Waals surface area contributed by atoms with Gasteiger partial charge in [-0.2, -0.15) is 0 Å². The Bertz CT molecular complexity index is 1180. The van der Waals surface area contributed by atoms with Crippen LogP contribution in [0.2, 0.25) is 0 Å². The maximum atomic E-state index is 14.0. The number of methoxy groups -OCH3 is 2. The molecule has 0 saturated heterocycles. The normalized spacial score (nSPS) is 18.3. The molecule has 0 bridgehead atoms. The third-order valence-electron chi connectivity index (χ3n) is 6.37. The molecule has 0 radical (unpaired) electrons. The van der Waals surface area contributed by atoms with Crippen LogP contribution in [0.1, 0.15) is 63.7 Å². The van der Waals surface area contributed by atoms with Gasteiger partial charge in [-0.05, 0) is 75.6 Å². The molecule has 2 aromatic rings. The van der Waals surface area contributed by atoms with E-state index >= 15 is 0 Å². The average Bonchev–Trinajstić information content (AvgIpc) is 3.35. The molecule has 2 aromatic carbocycles. The summed E-state index contributed by atoms with van der Waals surface area (Å²) in [6.45, 7) is 6.70. The fourth-order valence-corrected chi connectivity index (χ4v) is 4.43. The van der Waals surface area contributed by atoms with Crippen molar-refractivity contribution in [1.29, 1.82) is 0 Å². The maximum absolute atomic E-state index is 14.0. The number of carbonyl (C=O) groups is 2. The highest BCUT2D eigenvalue weighted by atomic mass is 16.6. The molecule has 41 heavy (non-hydrogen) atoms. The fraction of sp³-hybridized carbons (Fsp3) is 0.516. The summed E-state index contributed by atoms with van der Waals surface area (Å²) in [5.41, 5.74) is -0.787. The van der Waals surface area contributed by atoms with Gasteiger partial charge >= 0.3 is 5.97 Å². The molecular weight excluding hydrogens is 528 g/mol. The zero-order chi connectivity index (χ0) is 29.9. The Morgan fingerprint density at radius 2 is 1.80 bits per heavy atom. The Kier molecular flexibility index (Phi) is 11.5. The number of aliphatic hydroxyl groups is 1. The van der Waals surface area contributed by atoms with Crippen LogP contribution >= 0.6 is 0 Å². The summed E-state index contributed by atoms with van der Waals surface area (Å²) in [7, 11) is 3.17. The Labute approximate surface area is 242 Å². The van der Waals surface area contributed by atoms with E-state index in [0.29, 0.717) is 55.2 Å². The van der Waals surface area contributed by atoms with E-state index in [9.17, 15) is 9.59 Å². The van der Waals surface area contributed by atoms with E-state index < -0.39 is 23.2 Å². The first-order valence-electron chi connectivity index (χ1n) is 13.9. The van der Waals surface area contributed by atoms with Crippen molar-refractivity contribution in [3.05, 3.63) is 59.7 Å². The number of nitrogens with zero attached hydrogens (tertiary/aromatic N) is 1. The van der Waals surface area contributed by atoms with Gasteiger partial charge in [0, 0.05) is 45.3 Å². The minimum Gasteiger partial charge on any atom is -0.497 e. The van der Waals surface area contributed by atoms with E-state index in [1.807, 2.05) is 24.3 Å². The van der Waals surface area contributed by atoms with Crippen LogP contribution in [0.15, 0.2) is 53.5 Å². The van der Waals surface area contributed by atoms with Crippen LogP contribution in [0.25, 0.3) is 0 Å². The van der Waals surface area contributed by atoms with Crippen molar-refractivity contribution >= 4 is 17.8 Å². The molecular formula is C31H42N2O8. The fourth-order valence-electron chi connectivity index (χ4n) is 4.43. The van der Waals surface area contributed by atoms with E-state index in [1.165, 1.54) is 0 Å². The lowest BCUT2D eigenvalue weighted by atomic mass is 9.83. The summed E-state index contributed by atoms with van der Waals surface area (Å²) in [4.78, 5) is 31.7. The van der Waals surface area contributed by atoms with Crippen molar-refractivity contribution in [2.24, 2.45) is 4.99 Å². The van der Waals surface area contributed by atoms with Gasteiger partial charge in [-0.3, -0.25) is 9.59 Å². The number of carbonyl (C=O) groups excluding carboxylic acids is 2. The molecule has 0 spiro atoms. The van der Waals surface area contributed by atoms with Crippen molar-refractivity contribution < 1.29 is 38.4 Å². The molecule has 1 aliphatic heterocycles. The lowest BCUT2D eigenvalue weighted by molar-refractivity contribution is -0.155. The summed E-state index contributed by atoms with van der Waals surface area (Å²) in [6, 6.07) is 14.5. The van der Waals surface area contributed by atoms with Crippen LogP contribution in [0.4, 0.5) is 0 Å². The number of esters is 1. The number of benzene rings is 2. The third kappa shape index (κ3) is 8.93. The standard InChI is InChI=1S/C31H42N2O8/c1-30(2,3)41-26(35)15-16-31(29(36)32-17-7-19-37-4)27(23-9-6-10-25(21-23)38-5)40-28(33-31)22-11-13-24(14-12-22)39-20-8-18-34/h6,9-14,21,27,34H,7-8,15-20H2,1-5H3,(H,32,36)/t27-,31-/m1/s1. The first kappa shape index (κ1) is 31.9. The largest absolute Gasteiger partial charge is 0.497 e. The summed E-state index contributed by atoms with van der Waals surface area (Å²) in [5.74, 6) is 0.726. The molecule has 0 unspecified atom stereocenters. The molecule has 10 heteroatoms. The first-order valence-corrected chi connectivity index (χ1v) is 13.9. The monoisotopic (exact) mass is 570 g/mol. The Morgan fingerprint density at radius 3 is 2.46 bits per heavy atom. The van der Waals surface area contributed by atoms with Crippen LogP contribution in [-0.4, -0.2) is 74.6 Å². The van der Waals surface area contributed by atoms with Crippen LogP contribution in [0, 0.1) is 0 Å². The molecule has 1 amide bonds. The molecule has 224 valence electrons. The number of rotatable bonds is 15. The van der Waals surface area contributed by atoms with Gasteiger partial charge in [-0.15, -0.1) is 0 Å². The summed E-state index contributed by atoms with van der Waals surface area (Å²) >= 11 is 0. The van der Waals surface area contributed by atoms with Crippen LogP contribution in [0.3, 0.4) is 0 Å². The predicted molar refractivity (Wildman–Crippen MR) is 154 cm³/mol. The van der Waals surface area contributed by atoms with Gasteiger partial charge in [-0.25, -0.2) is 4.99 Å². The van der Waals surface area contributed by atoms with E-state index in [2.05, 4.69) is 5.32 Å². The molecule has 0 fully saturated rings. The average molecular weight is 571 g/mol. The minimum absolute atomic E-state index is 0.0407. The number of amides is 1. The maximum Gasteiger partial charge on any atom is 0.306 e. The molecule has 3 rings (SSSR count). The van der Waals surface area contributed by atoms with E-state index in [1.54, 1.807) is 59.3 Å². The molecule has 0 saturated carbocycles. The van der Waals surface area contributed by atoms with Crippen molar-refractivity contribution in [3.63, 3.8) is 0 Å². The topological polar surface area (TPSA) is 125 Å². The van der Waals surface area contributed by atoms with Gasteiger partial charge in [0.25, 0.3) is 5.91 Å². The lowest BCUT2D eigenvalue weighted by Crippen LogP contribution is -2.49. The van der Waals surface area contributed by atoms with Crippen LogP contribution in [0.5, 0.6) is 11.5 Å². The number of hydrogen-bond donors (Lipinski definition) is 2. The highest BCUT2D eigenvalue weighted by Crippen LogP contribution is 2.44. The summed E-state index contributed by atoms with van der Waals surface area (Å²) < 4.78 is 28.2. The Hall–Kier alpha value is -3.63.